The average Bonchev–Trinajstić information content (AvgIpc) is 2.37. The SMILES string of the molecule is Fc1cncc(COc2c(Br)cccc2CBr)c1. The number of hydrogen-bond acceptors (Lipinski definition) is 2. The minimum Gasteiger partial charge on any atom is -0.487 e. The third-order valence-corrected chi connectivity index (χ3v) is 3.57. The van der Waals surface area contributed by atoms with E-state index in [9.17, 15) is 4.39 Å². The minimum absolute atomic E-state index is 0.285. The first-order chi connectivity index (χ1) is 8.70. The van der Waals surface area contributed by atoms with Crippen molar-refractivity contribution in [3.63, 3.8) is 0 Å². The largest absolute Gasteiger partial charge is 0.487 e. The van der Waals surface area contributed by atoms with Crippen molar-refractivity contribution < 1.29 is 9.13 Å². The van der Waals surface area contributed by atoms with E-state index in [-0.39, 0.29) is 12.4 Å². The standard InChI is InChI=1S/C13H10Br2FNO/c14-5-10-2-1-3-12(15)13(10)18-8-9-4-11(16)7-17-6-9/h1-4,6-7H,5,8H2. The van der Waals surface area contributed by atoms with E-state index in [0.29, 0.717) is 10.9 Å². The molecule has 0 bridgehead atoms. The molecule has 0 aliphatic carbocycles. The highest BCUT2D eigenvalue weighted by Gasteiger charge is 2.07. The zero-order valence-electron chi connectivity index (χ0n) is 9.37. The van der Waals surface area contributed by atoms with Gasteiger partial charge in [-0.3, -0.25) is 4.98 Å². The molecular formula is C13H10Br2FNO. The minimum atomic E-state index is -0.357. The number of para-hydroxylation sites is 1. The molecule has 0 aliphatic rings. The van der Waals surface area contributed by atoms with Gasteiger partial charge in [0.25, 0.3) is 0 Å². The van der Waals surface area contributed by atoms with Crippen LogP contribution in [0.15, 0.2) is 41.1 Å². The Morgan fingerprint density at radius 1 is 1.28 bits per heavy atom. The third kappa shape index (κ3) is 3.29. The Labute approximate surface area is 121 Å². The number of benzene rings is 1. The van der Waals surface area contributed by atoms with Crippen LogP contribution in [0.2, 0.25) is 0 Å². The maximum Gasteiger partial charge on any atom is 0.141 e. The van der Waals surface area contributed by atoms with Gasteiger partial charge in [-0.25, -0.2) is 4.39 Å². The number of pyridine rings is 1. The molecule has 1 aromatic heterocycles. The summed E-state index contributed by atoms with van der Waals surface area (Å²) in [6.07, 6.45) is 2.76. The van der Waals surface area contributed by atoms with Crippen LogP contribution in [0.1, 0.15) is 11.1 Å². The molecule has 1 aromatic carbocycles. The zero-order valence-corrected chi connectivity index (χ0v) is 12.5. The fourth-order valence-electron chi connectivity index (χ4n) is 1.51. The lowest BCUT2D eigenvalue weighted by molar-refractivity contribution is 0.301. The van der Waals surface area contributed by atoms with E-state index in [1.165, 1.54) is 12.3 Å². The zero-order chi connectivity index (χ0) is 13.0. The predicted octanol–water partition coefficient (Wildman–Crippen LogP) is 4.46. The molecular weight excluding hydrogens is 365 g/mol. The molecule has 2 nitrogen and oxygen atoms in total. The first-order valence-electron chi connectivity index (χ1n) is 5.26. The lowest BCUT2D eigenvalue weighted by atomic mass is 10.2. The number of rotatable bonds is 4. The molecule has 0 atom stereocenters. The molecule has 94 valence electrons. The summed E-state index contributed by atoms with van der Waals surface area (Å²) in [5.74, 6) is 0.405. The summed E-state index contributed by atoms with van der Waals surface area (Å²) < 4.78 is 19.6. The van der Waals surface area contributed by atoms with Crippen molar-refractivity contribution in [2.45, 2.75) is 11.9 Å². The highest BCUT2D eigenvalue weighted by atomic mass is 79.9. The van der Waals surface area contributed by atoms with E-state index in [1.807, 2.05) is 18.2 Å². The Kier molecular flexibility index (Phi) is 4.72. The van der Waals surface area contributed by atoms with Crippen molar-refractivity contribution in [1.29, 1.82) is 0 Å². The van der Waals surface area contributed by atoms with Gasteiger partial charge in [0.1, 0.15) is 18.2 Å². The number of ether oxygens (including phenoxy) is 1. The van der Waals surface area contributed by atoms with Crippen LogP contribution in [0, 0.1) is 5.82 Å². The highest BCUT2D eigenvalue weighted by Crippen LogP contribution is 2.31. The molecule has 0 fully saturated rings. The van der Waals surface area contributed by atoms with Crippen LogP contribution in [-0.2, 0) is 11.9 Å². The van der Waals surface area contributed by atoms with Gasteiger partial charge in [0.05, 0.1) is 10.7 Å². The van der Waals surface area contributed by atoms with Crippen LogP contribution in [0.5, 0.6) is 5.75 Å². The average molecular weight is 375 g/mol. The fraction of sp³-hybridized carbons (Fsp3) is 0.154. The van der Waals surface area contributed by atoms with Gasteiger partial charge in [0, 0.05) is 22.7 Å². The van der Waals surface area contributed by atoms with Crippen molar-refractivity contribution in [2.24, 2.45) is 0 Å². The fourth-order valence-corrected chi connectivity index (χ4v) is 2.47. The summed E-state index contributed by atoms with van der Waals surface area (Å²) in [5, 5.41) is 0.698. The maximum atomic E-state index is 13.0. The van der Waals surface area contributed by atoms with Crippen molar-refractivity contribution >= 4 is 31.9 Å². The molecule has 0 aliphatic heterocycles. The first-order valence-corrected chi connectivity index (χ1v) is 7.17. The van der Waals surface area contributed by atoms with Crippen LogP contribution >= 0.6 is 31.9 Å². The second-order valence-electron chi connectivity index (χ2n) is 3.66. The van der Waals surface area contributed by atoms with Gasteiger partial charge in [-0.2, -0.15) is 0 Å². The molecule has 0 unspecified atom stereocenters. The quantitative estimate of drug-likeness (QED) is 0.737. The Morgan fingerprint density at radius 2 is 2.11 bits per heavy atom. The predicted molar refractivity (Wildman–Crippen MR) is 75.3 cm³/mol. The lowest BCUT2D eigenvalue weighted by Gasteiger charge is -2.11. The molecule has 1 heterocycles. The molecule has 0 saturated carbocycles. The first kappa shape index (κ1) is 13.5. The van der Waals surface area contributed by atoms with Gasteiger partial charge >= 0.3 is 0 Å². The summed E-state index contributed by atoms with van der Waals surface area (Å²) in [5.41, 5.74) is 1.74. The number of halogens is 3. The van der Waals surface area contributed by atoms with Crippen molar-refractivity contribution in [2.75, 3.05) is 0 Å². The summed E-state index contributed by atoms with van der Waals surface area (Å²) in [6, 6.07) is 7.24. The van der Waals surface area contributed by atoms with Crippen molar-refractivity contribution in [1.82, 2.24) is 4.98 Å². The van der Waals surface area contributed by atoms with E-state index in [0.717, 1.165) is 15.8 Å². The highest BCUT2D eigenvalue weighted by molar-refractivity contribution is 9.10. The molecule has 0 radical (unpaired) electrons. The number of aromatic nitrogens is 1. The van der Waals surface area contributed by atoms with Gasteiger partial charge in [0.2, 0.25) is 0 Å². The second-order valence-corrected chi connectivity index (χ2v) is 5.08. The van der Waals surface area contributed by atoms with Crippen LogP contribution in [0.3, 0.4) is 0 Å². The summed E-state index contributed by atoms with van der Waals surface area (Å²) in [7, 11) is 0. The van der Waals surface area contributed by atoms with Gasteiger partial charge in [-0.15, -0.1) is 0 Å². The Hall–Kier alpha value is -0.940. The number of nitrogens with zero attached hydrogens (tertiary/aromatic N) is 1. The van der Waals surface area contributed by atoms with E-state index < -0.39 is 0 Å². The normalized spacial score (nSPS) is 10.4. The molecule has 0 N–H and O–H groups in total. The lowest BCUT2D eigenvalue weighted by Crippen LogP contribution is -1.99. The Bertz CT molecular complexity index is 548. The summed E-state index contributed by atoms with van der Waals surface area (Å²) in [6.45, 7) is 0.285. The van der Waals surface area contributed by atoms with Gasteiger partial charge in [-0.05, 0) is 28.1 Å². The summed E-state index contributed by atoms with van der Waals surface area (Å²) >= 11 is 6.85. The van der Waals surface area contributed by atoms with Gasteiger partial charge in [0.15, 0.2) is 0 Å². The molecule has 0 saturated heterocycles. The molecule has 2 aromatic rings. The van der Waals surface area contributed by atoms with Gasteiger partial charge in [-0.1, -0.05) is 28.1 Å². The molecule has 18 heavy (non-hydrogen) atoms. The van der Waals surface area contributed by atoms with E-state index >= 15 is 0 Å². The van der Waals surface area contributed by atoms with E-state index in [4.69, 9.17) is 4.74 Å². The monoisotopic (exact) mass is 373 g/mol. The molecule has 5 heteroatoms. The van der Waals surface area contributed by atoms with Crippen LogP contribution < -0.4 is 4.74 Å². The van der Waals surface area contributed by atoms with Crippen molar-refractivity contribution in [3.8, 4) is 5.75 Å². The third-order valence-electron chi connectivity index (χ3n) is 2.34. The molecule has 2 rings (SSSR count). The molecule has 0 amide bonds. The van der Waals surface area contributed by atoms with E-state index in [1.54, 1.807) is 6.20 Å². The summed E-state index contributed by atoms with van der Waals surface area (Å²) in [4.78, 5) is 3.79. The topological polar surface area (TPSA) is 22.1 Å². The van der Waals surface area contributed by atoms with Crippen molar-refractivity contribution in [3.05, 3.63) is 58.1 Å². The van der Waals surface area contributed by atoms with Gasteiger partial charge < -0.3 is 4.74 Å². The number of alkyl halides is 1. The number of hydrogen-bond donors (Lipinski definition) is 0. The smallest absolute Gasteiger partial charge is 0.141 e. The maximum absolute atomic E-state index is 13.0. The Balaban J connectivity index is 2.15. The molecule has 0 spiro atoms. The van der Waals surface area contributed by atoms with Crippen LogP contribution in [0.25, 0.3) is 0 Å². The second kappa shape index (κ2) is 6.29. The van der Waals surface area contributed by atoms with Crippen LogP contribution in [-0.4, -0.2) is 4.98 Å². The van der Waals surface area contributed by atoms with E-state index in [2.05, 4.69) is 36.8 Å². The van der Waals surface area contributed by atoms with Crippen LogP contribution in [0.4, 0.5) is 4.39 Å². The Morgan fingerprint density at radius 3 is 2.83 bits per heavy atom.